The van der Waals surface area contributed by atoms with E-state index in [9.17, 15) is 22.8 Å². The Morgan fingerprint density at radius 2 is 2.11 bits per heavy atom. The van der Waals surface area contributed by atoms with Gasteiger partial charge in [-0.25, -0.2) is 0 Å². The number of rotatable bonds is 6. The van der Waals surface area contributed by atoms with Gasteiger partial charge in [-0.2, -0.15) is 13.2 Å². The van der Waals surface area contributed by atoms with Gasteiger partial charge in [0.25, 0.3) is 0 Å². The van der Waals surface area contributed by atoms with Crippen molar-refractivity contribution in [2.75, 3.05) is 18.8 Å². The molecule has 0 radical (unpaired) electrons. The quantitative estimate of drug-likeness (QED) is 0.591. The van der Waals surface area contributed by atoms with E-state index >= 15 is 0 Å². The molecule has 0 aromatic carbocycles. The van der Waals surface area contributed by atoms with Crippen molar-refractivity contribution in [1.29, 1.82) is 0 Å². The summed E-state index contributed by atoms with van der Waals surface area (Å²) < 4.78 is 35.6. The van der Waals surface area contributed by atoms with E-state index in [2.05, 4.69) is 5.32 Å². The monoisotopic (exact) mass is 284 g/mol. The molecule has 4 nitrogen and oxygen atoms in total. The molecule has 1 heterocycles. The van der Waals surface area contributed by atoms with Crippen LogP contribution < -0.4 is 5.32 Å². The van der Waals surface area contributed by atoms with Crippen LogP contribution in [-0.2, 0) is 9.59 Å². The van der Waals surface area contributed by atoms with E-state index in [1.807, 2.05) is 6.92 Å². The van der Waals surface area contributed by atoms with Gasteiger partial charge >= 0.3 is 5.51 Å². The Morgan fingerprint density at radius 3 is 2.67 bits per heavy atom. The fraction of sp³-hybridized carbons (Fsp3) is 0.800. The second-order valence-corrected chi connectivity index (χ2v) is 5.05. The van der Waals surface area contributed by atoms with E-state index < -0.39 is 11.6 Å². The van der Waals surface area contributed by atoms with Gasteiger partial charge in [0.2, 0.25) is 11.8 Å². The third kappa shape index (κ3) is 4.49. The predicted molar refractivity (Wildman–Crippen MR) is 61.9 cm³/mol. The number of halogens is 3. The van der Waals surface area contributed by atoms with Crippen LogP contribution in [0.3, 0.4) is 0 Å². The highest BCUT2D eigenvalue weighted by Crippen LogP contribution is 2.29. The van der Waals surface area contributed by atoms with Crippen molar-refractivity contribution >= 4 is 23.6 Å². The molecule has 0 bridgehead atoms. The topological polar surface area (TPSA) is 49.4 Å². The number of amides is 2. The predicted octanol–water partition coefficient (Wildman–Crippen LogP) is 1.37. The summed E-state index contributed by atoms with van der Waals surface area (Å²) in [5.74, 6) is -0.767. The second kappa shape index (κ2) is 6.42. The van der Waals surface area contributed by atoms with E-state index in [1.54, 1.807) is 0 Å². The lowest BCUT2D eigenvalue weighted by Gasteiger charge is -2.14. The molecule has 1 atom stereocenters. The van der Waals surface area contributed by atoms with Gasteiger partial charge < -0.3 is 5.32 Å². The number of likely N-dealkylation sites (tertiary alicyclic amines) is 1. The van der Waals surface area contributed by atoms with E-state index in [0.29, 0.717) is 13.0 Å². The molecule has 1 fully saturated rings. The zero-order valence-corrected chi connectivity index (χ0v) is 10.7. The summed E-state index contributed by atoms with van der Waals surface area (Å²) in [6, 6.07) is -0.669. The van der Waals surface area contributed by atoms with Gasteiger partial charge in [0.05, 0.1) is 12.5 Å². The van der Waals surface area contributed by atoms with Crippen LogP contribution in [0, 0.1) is 0 Å². The second-order valence-electron chi connectivity index (χ2n) is 3.89. The molecular weight excluding hydrogens is 269 g/mol. The van der Waals surface area contributed by atoms with Gasteiger partial charge in [0, 0.05) is 18.8 Å². The van der Waals surface area contributed by atoms with Crippen LogP contribution in [0.5, 0.6) is 0 Å². The van der Waals surface area contributed by atoms with Crippen LogP contribution in [-0.4, -0.2) is 47.1 Å². The summed E-state index contributed by atoms with van der Waals surface area (Å²) >= 11 is -0.142. The minimum absolute atomic E-state index is 0.0372. The molecule has 1 aliphatic rings. The van der Waals surface area contributed by atoms with Crippen molar-refractivity contribution in [3.63, 3.8) is 0 Å². The molecule has 1 unspecified atom stereocenters. The first-order valence-corrected chi connectivity index (χ1v) is 6.62. The molecule has 1 N–H and O–H groups in total. The Balaban J connectivity index is 2.32. The van der Waals surface area contributed by atoms with Crippen LogP contribution >= 0.6 is 11.8 Å². The fourth-order valence-electron chi connectivity index (χ4n) is 1.70. The first-order valence-electron chi connectivity index (χ1n) is 5.63. The minimum Gasteiger partial charge on any atom is -0.305 e. The van der Waals surface area contributed by atoms with Crippen LogP contribution in [0.1, 0.15) is 19.8 Å². The number of thioether (sulfide) groups is 1. The summed E-state index contributed by atoms with van der Waals surface area (Å²) in [5.41, 5.74) is -4.26. The van der Waals surface area contributed by atoms with E-state index in [0.717, 1.165) is 4.90 Å². The number of imide groups is 1. The molecule has 18 heavy (non-hydrogen) atoms. The fourth-order valence-corrected chi connectivity index (χ4v) is 2.15. The van der Waals surface area contributed by atoms with E-state index in [4.69, 9.17) is 0 Å². The summed E-state index contributed by atoms with van der Waals surface area (Å²) in [5, 5.41) is 2.69. The number of hydrogen-bond donors (Lipinski definition) is 1. The number of alkyl halides is 3. The van der Waals surface area contributed by atoms with Crippen LogP contribution in [0.2, 0.25) is 0 Å². The van der Waals surface area contributed by atoms with Crippen molar-refractivity contribution in [2.24, 2.45) is 0 Å². The number of hydrogen-bond acceptors (Lipinski definition) is 4. The van der Waals surface area contributed by atoms with Crippen molar-refractivity contribution in [1.82, 2.24) is 10.2 Å². The molecule has 0 saturated carbocycles. The van der Waals surface area contributed by atoms with Crippen molar-refractivity contribution in [2.45, 2.75) is 31.3 Å². The highest BCUT2D eigenvalue weighted by Gasteiger charge is 2.37. The van der Waals surface area contributed by atoms with Crippen LogP contribution in [0.25, 0.3) is 0 Å². The molecule has 104 valence electrons. The largest absolute Gasteiger partial charge is 0.441 e. The molecular formula is C10H15F3N2O2S. The Morgan fingerprint density at radius 1 is 1.44 bits per heavy atom. The molecule has 0 aliphatic carbocycles. The number of nitrogens with one attached hydrogen (secondary N) is 1. The van der Waals surface area contributed by atoms with Gasteiger partial charge in [-0.3, -0.25) is 14.5 Å². The Hall–Kier alpha value is -0.760. The third-order valence-electron chi connectivity index (χ3n) is 2.45. The van der Waals surface area contributed by atoms with Gasteiger partial charge in [0.1, 0.15) is 0 Å². The Labute approximate surface area is 107 Å². The minimum atomic E-state index is -4.26. The van der Waals surface area contributed by atoms with Crippen molar-refractivity contribution < 1.29 is 22.8 Å². The third-order valence-corrected chi connectivity index (χ3v) is 3.19. The highest BCUT2D eigenvalue weighted by atomic mass is 32.2. The van der Waals surface area contributed by atoms with Crippen molar-refractivity contribution in [3.8, 4) is 0 Å². The lowest BCUT2D eigenvalue weighted by atomic mass is 10.2. The maximum Gasteiger partial charge on any atom is 0.441 e. The molecule has 1 saturated heterocycles. The average Bonchev–Trinajstić information content (AvgIpc) is 2.51. The maximum absolute atomic E-state index is 11.9. The Kier molecular flexibility index (Phi) is 5.46. The standard InChI is InChI=1S/C10H15F3N2O2S/c1-2-4-15-8(16)6-7(9(15)17)14-3-5-18-10(11,12)13/h7,14H,2-6H2,1H3. The van der Waals surface area contributed by atoms with E-state index in [1.165, 1.54) is 0 Å². The first kappa shape index (κ1) is 15.3. The lowest BCUT2D eigenvalue weighted by molar-refractivity contribution is -0.138. The normalized spacial score (nSPS) is 20.9. The zero-order chi connectivity index (χ0) is 13.8. The van der Waals surface area contributed by atoms with Gasteiger partial charge in [-0.05, 0) is 18.2 Å². The number of nitrogens with zero attached hydrogens (tertiary/aromatic N) is 1. The lowest BCUT2D eigenvalue weighted by Crippen LogP contribution is -2.40. The number of carbonyl (C=O) groups excluding carboxylic acids is 2. The summed E-state index contributed by atoms with van der Waals surface area (Å²) in [7, 11) is 0. The molecule has 2 amide bonds. The van der Waals surface area contributed by atoms with Crippen LogP contribution in [0.15, 0.2) is 0 Å². The zero-order valence-electron chi connectivity index (χ0n) is 9.92. The molecule has 0 aromatic rings. The maximum atomic E-state index is 11.9. The average molecular weight is 284 g/mol. The van der Waals surface area contributed by atoms with Gasteiger partial charge in [-0.15, -0.1) is 0 Å². The first-order chi connectivity index (χ1) is 8.35. The highest BCUT2D eigenvalue weighted by molar-refractivity contribution is 8.00. The van der Waals surface area contributed by atoms with Crippen molar-refractivity contribution in [3.05, 3.63) is 0 Å². The van der Waals surface area contributed by atoms with E-state index in [-0.39, 0.29) is 42.3 Å². The molecule has 8 heteroatoms. The van der Waals surface area contributed by atoms with Gasteiger partial charge in [-0.1, -0.05) is 6.92 Å². The smallest absolute Gasteiger partial charge is 0.305 e. The number of carbonyl (C=O) groups is 2. The van der Waals surface area contributed by atoms with Gasteiger partial charge in [0.15, 0.2) is 0 Å². The molecule has 0 aromatic heterocycles. The Bertz CT molecular complexity index is 323. The summed E-state index contributed by atoms with van der Waals surface area (Å²) in [6.45, 7) is 2.27. The molecule has 0 spiro atoms. The summed E-state index contributed by atoms with van der Waals surface area (Å²) in [4.78, 5) is 24.3. The SMILES string of the molecule is CCCN1C(=O)CC(NCCSC(F)(F)F)C1=O. The molecule has 1 aliphatic heterocycles. The van der Waals surface area contributed by atoms with Crippen LogP contribution in [0.4, 0.5) is 13.2 Å². The molecule has 1 rings (SSSR count). The summed E-state index contributed by atoms with van der Waals surface area (Å²) in [6.07, 6.45) is 0.712.